The maximum atomic E-state index is 12.5. The first-order valence-corrected chi connectivity index (χ1v) is 9.94. The summed E-state index contributed by atoms with van der Waals surface area (Å²) in [5.41, 5.74) is 0.519. The van der Waals surface area contributed by atoms with E-state index in [0.717, 1.165) is 38.1 Å². The van der Waals surface area contributed by atoms with E-state index in [9.17, 15) is 4.79 Å². The highest BCUT2D eigenvalue weighted by atomic mass is 16.7. The van der Waals surface area contributed by atoms with Gasteiger partial charge in [0.1, 0.15) is 0 Å². The normalized spacial score (nSPS) is 26.7. The highest BCUT2D eigenvalue weighted by Crippen LogP contribution is 2.39. The Kier molecular flexibility index (Phi) is 5.70. The molecule has 146 valence electrons. The Balaban J connectivity index is 1.46. The Morgan fingerprint density at radius 2 is 1.81 bits per heavy atom. The molecule has 2 saturated heterocycles. The van der Waals surface area contributed by atoms with Crippen LogP contribution in [0.25, 0.3) is 0 Å². The zero-order valence-corrected chi connectivity index (χ0v) is 17.0. The van der Waals surface area contributed by atoms with Gasteiger partial charge >= 0.3 is 13.1 Å². The van der Waals surface area contributed by atoms with E-state index in [0.29, 0.717) is 12.5 Å². The second kappa shape index (κ2) is 7.53. The van der Waals surface area contributed by atoms with Gasteiger partial charge in [-0.1, -0.05) is 6.08 Å². The summed E-state index contributed by atoms with van der Waals surface area (Å²) in [6.45, 7) is 12.7. The van der Waals surface area contributed by atoms with Crippen LogP contribution < -0.4 is 5.32 Å². The summed E-state index contributed by atoms with van der Waals surface area (Å²) in [7, 11) is 1.87. The monoisotopic (exact) mass is 363 g/mol. The summed E-state index contributed by atoms with van der Waals surface area (Å²) in [5, 5.41) is 3.12. The van der Waals surface area contributed by atoms with Gasteiger partial charge in [-0.3, -0.25) is 0 Å². The van der Waals surface area contributed by atoms with Gasteiger partial charge < -0.3 is 24.4 Å². The van der Waals surface area contributed by atoms with Crippen molar-refractivity contribution in [3.05, 3.63) is 11.5 Å². The van der Waals surface area contributed by atoms with Crippen LogP contribution in [0, 0.1) is 5.92 Å². The highest BCUT2D eigenvalue weighted by Gasteiger charge is 2.52. The fourth-order valence-corrected chi connectivity index (χ4v) is 3.69. The summed E-state index contributed by atoms with van der Waals surface area (Å²) in [6.07, 6.45) is 5.24. The Labute approximate surface area is 158 Å². The Morgan fingerprint density at radius 1 is 1.19 bits per heavy atom. The van der Waals surface area contributed by atoms with Crippen molar-refractivity contribution in [3.63, 3.8) is 0 Å². The van der Waals surface area contributed by atoms with Crippen molar-refractivity contribution < 1.29 is 14.1 Å². The lowest BCUT2D eigenvalue weighted by Gasteiger charge is -2.32. The SMILES string of the molecule is CN1CCC(CNC(=O)N2CC=C(B3OC(C)(C)C(C)(C)O3)CC2)CC1. The van der Waals surface area contributed by atoms with Gasteiger partial charge in [0.2, 0.25) is 0 Å². The van der Waals surface area contributed by atoms with Crippen molar-refractivity contribution in [3.8, 4) is 0 Å². The molecule has 26 heavy (non-hydrogen) atoms. The van der Waals surface area contributed by atoms with Gasteiger partial charge in [0.05, 0.1) is 11.2 Å². The van der Waals surface area contributed by atoms with Crippen LogP contribution >= 0.6 is 0 Å². The smallest absolute Gasteiger partial charge is 0.400 e. The topological polar surface area (TPSA) is 54.0 Å². The van der Waals surface area contributed by atoms with Crippen molar-refractivity contribution in [2.24, 2.45) is 5.92 Å². The molecule has 3 heterocycles. The number of hydrogen-bond acceptors (Lipinski definition) is 4. The number of rotatable bonds is 3. The van der Waals surface area contributed by atoms with E-state index in [-0.39, 0.29) is 24.4 Å². The van der Waals surface area contributed by atoms with Crippen LogP contribution in [0.3, 0.4) is 0 Å². The number of urea groups is 1. The Morgan fingerprint density at radius 3 is 2.35 bits per heavy atom. The van der Waals surface area contributed by atoms with Gasteiger partial charge in [-0.05, 0) is 78.5 Å². The van der Waals surface area contributed by atoms with Gasteiger partial charge in [-0.2, -0.15) is 0 Å². The first kappa shape index (κ1) is 19.7. The molecule has 0 aromatic rings. The molecule has 0 aromatic carbocycles. The molecule has 0 unspecified atom stereocenters. The molecule has 2 fully saturated rings. The number of nitrogens with zero attached hydrogens (tertiary/aromatic N) is 2. The van der Waals surface area contributed by atoms with Gasteiger partial charge in [0.25, 0.3) is 0 Å². The van der Waals surface area contributed by atoms with Crippen molar-refractivity contribution in [2.45, 2.75) is 58.2 Å². The highest BCUT2D eigenvalue weighted by molar-refractivity contribution is 6.54. The minimum absolute atomic E-state index is 0.0492. The van der Waals surface area contributed by atoms with Gasteiger partial charge in [-0.15, -0.1) is 0 Å². The molecule has 3 rings (SSSR count). The predicted molar refractivity (Wildman–Crippen MR) is 104 cm³/mol. The molecular formula is C19H34BN3O3. The number of amides is 2. The molecule has 0 radical (unpaired) electrons. The largest absolute Gasteiger partial charge is 0.490 e. The minimum Gasteiger partial charge on any atom is -0.400 e. The molecule has 0 atom stereocenters. The van der Waals surface area contributed by atoms with Crippen molar-refractivity contribution in [1.29, 1.82) is 0 Å². The minimum atomic E-state index is -0.318. The molecule has 2 amide bonds. The number of hydrogen-bond donors (Lipinski definition) is 1. The summed E-state index contributed by atoms with van der Waals surface area (Å²) in [6, 6.07) is 0.0492. The average Bonchev–Trinajstić information content (AvgIpc) is 2.82. The maximum absolute atomic E-state index is 12.5. The number of likely N-dealkylation sites (tertiary alicyclic amines) is 1. The zero-order chi connectivity index (χ0) is 18.9. The van der Waals surface area contributed by atoms with Crippen LogP contribution in [0.1, 0.15) is 47.0 Å². The van der Waals surface area contributed by atoms with Crippen LogP contribution in [0.4, 0.5) is 4.79 Å². The zero-order valence-electron chi connectivity index (χ0n) is 17.0. The third kappa shape index (κ3) is 4.26. The van der Waals surface area contributed by atoms with Crippen molar-refractivity contribution >= 4 is 13.1 Å². The lowest BCUT2D eigenvalue weighted by molar-refractivity contribution is 0.00578. The van der Waals surface area contributed by atoms with Crippen molar-refractivity contribution in [2.75, 3.05) is 39.8 Å². The predicted octanol–water partition coefficient (Wildman–Crippen LogP) is 2.30. The third-order valence-corrected chi connectivity index (χ3v) is 6.47. The second-order valence-electron chi connectivity index (χ2n) is 9.00. The molecular weight excluding hydrogens is 329 g/mol. The molecule has 7 heteroatoms. The third-order valence-electron chi connectivity index (χ3n) is 6.47. The average molecular weight is 363 g/mol. The van der Waals surface area contributed by atoms with E-state index < -0.39 is 0 Å². The van der Waals surface area contributed by atoms with Gasteiger partial charge in [0, 0.05) is 19.6 Å². The summed E-state index contributed by atoms with van der Waals surface area (Å²) < 4.78 is 12.2. The number of carbonyl (C=O) groups is 1. The maximum Gasteiger partial charge on any atom is 0.490 e. The van der Waals surface area contributed by atoms with Crippen LogP contribution in [0.15, 0.2) is 11.5 Å². The molecule has 0 aliphatic carbocycles. The van der Waals surface area contributed by atoms with E-state index in [4.69, 9.17) is 9.31 Å². The van der Waals surface area contributed by atoms with Crippen LogP contribution in [-0.4, -0.2) is 73.9 Å². The second-order valence-corrected chi connectivity index (χ2v) is 9.00. The number of carbonyl (C=O) groups excluding carboxylic acids is 1. The molecule has 0 bridgehead atoms. The Hall–Kier alpha value is -1.05. The number of piperidine rings is 1. The van der Waals surface area contributed by atoms with Gasteiger partial charge in [0.15, 0.2) is 0 Å². The fourth-order valence-electron chi connectivity index (χ4n) is 3.69. The molecule has 0 spiro atoms. The van der Waals surface area contributed by atoms with Crippen LogP contribution in [0.5, 0.6) is 0 Å². The van der Waals surface area contributed by atoms with E-state index in [1.165, 1.54) is 12.8 Å². The standard InChI is InChI=1S/C19H34BN3O3/c1-18(2)19(3,4)26-20(25-18)16-8-12-23(13-9-16)17(24)21-14-15-6-10-22(5)11-7-15/h8,15H,6-7,9-14H2,1-5H3,(H,21,24). The summed E-state index contributed by atoms with van der Waals surface area (Å²) in [5.74, 6) is 0.607. The van der Waals surface area contributed by atoms with E-state index in [1.807, 2.05) is 4.90 Å². The summed E-state index contributed by atoms with van der Waals surface area (Å²) >= 11 is 0. The number of nitrogens with one attached hydrogen (secondary N) is 1. The lowest BCUT2D eigenvalue weighted by atomic mass is 9.75. The molecule has 0 saturated carbocycles. The molecule has 0 aromatic heterocycles. The molecule has 1 N–H and O–H groups in total. The molecule has 3 aliphatic rings. The van der Waals surface area contributed by atoms with Crippen LogP contribution in [0.2, 0.25) is 0 Å². The molecule has 6 nitrogen and oxygen atoms in total. The lowest BCUT2D eigenvalue weighted by Crippen LogP contribution is -2.45. The van der Waals surface area contributed by atoms with Crippen LogP contribution in [-0.2, 0) is 9.31 Å². The van der Waals surface area contributed by atoms with E-state index in [1.54, 1.807) is 0 Å². The summed E-state index contributed by atoms with van der Waals surface area (Å²) in [4.78, 5) is 16.7. The fraction of sp³-hybridized carbons (Fsp3) is 0.842. The van der Waals surface area contributed by atoms with Crippen molar-refractivity contribution in [1.82, 2.24) is 15.1 Å². The van der Waals surface area contributed by atoms with E-state index in [2.05, 4.69) is 51.0 Å². The first-order valence-electron chi connectivity index (χ1n) is 9.94. The first-order chi connectivity index (χ1) is 12.2. The molecule has 3 aliphatic heterocycles. The quantitative estimate of drug-likeness (QED) is 0.782. The van der Waals surface area contributed by atoms with E-state index >= 15 is 0 Å². The van der Waals surface area contributed by atoms with Gasteiger partial charge in [-0.25, -0.2) is 4.79 Å². The Bertz CT molecular complexity index is 540.